The lowest BCUT2D eigenvalue weighted by Crippen LogP contribution is -2.66. The second-order valence-corrected chi connectivity index (χ2v) is 8.61. The fourth-order valence-corrected chi connectivity index (χ4v) is 4.04. The first-order chi connectivity index (χ1) is 15.8. The third-order valence-electron chi connectivity index (χ3n) is 5.69. The molecule has 0 amide bonds. The molecule has 0 aliphatic rings. The highest BCUT2D eigenvalue weighted by Crippen LogP contribution is 2.36. The Balaban J connectivity index is 2.63. The first-order valence-electron chi connectivity index (χ1n) is 10.4. The maximum absolute atomic E-state index is 14.4. The van der Waals surface area contributed by atoms with Crippen LogP contribution in [0.5, 0.6) is 0 Å². The number of rotatable bonds is 11. The van der Waals surface area contributed by atoms with E-state index in [0.717, 1.165) is 36.4 Å². The molecular formula is C24H28F4O6. The summed E-state index contributed by atoms with van der Waals surface area (Å²) in [5.41, 5.74) is -6.21. The molecule has 6 N–H and O–H groups in total. The summed E-state index contributed by atoms with van der Waals surface area (Å²) in [5, 5.41) is 63.7. The number of benzene rings is 2. The lowest BCUT2D eigenvalue weighted by atomic mass is 9.71. The summed E-state index contributed by atoms with van der Waals surface area (Å²) in [6.45, 7) is 3.95. The second-order valence-electron chi connectivity index (χ2n) is 8.61. The smallest absolute Gasteiger partial charge is 0.162 e. The van der Waals surface area contributed by atoms with Crippen molar-refractivity contribution in [1.29, 1.82) is 0 Å². The third kappa shape index (κ3) is 5.83. The molecule has 0 aliphatic carbocycles. The minimum atomic E-state index is -3.00. The van der Waals surface area contributed by atoms with Crippen molar-refractivity contribution < 1.29 is 48.2 Å². The van der Waals surface area contributed by atoms with E-state index in [2.05, 4.69) is 6.58 Å². The summed E-state index contributed by atoms with van der Waals surface area (Å²) < 4.78 is 56.2. The van der Waals surface area contributed by atoms with Crippen molar-refractivity contribution in [2.24, 2.45) is 0 Å². The highest BCUT2D eigenvalue weighted by molar-refractivity contribution is 5.26. The van der Waals surface area contributed by atoms with Crippen LogP contribution in [-0.4, -0.2) is 66.8 Å². The normalized spacial score (nSPS) is 18.0. The summed E-state index contributed by atoms with van der Waals surface area (Å²) in [7, 11) is 0. The van der Waals surface area contributed by atoms with Crippen molar-refractivity contribution in [3.63, 3.8) is 0 Å². The van der Waals surface area contributed by atoms with Gasteiger partial charge in [0, 0.05) is 12.8 Å². The lowest BCUT2D eigenvalue weighted by Gasteiger charge is -2.46. The van der Waals surface area contributed by atoms with E-state index in [9.17, 15) is 48.2 Å². The lowest BCUT2D eigenvalue weighted by molar-refractivity contribution is -0.228. The van der Waals surface area contributed by atoms with Gasteiger partial charge < -0.3 is 30.6 Å². The van der Waals surface area contributed by atoms with Gasteiger partial charge in [0.2, 0.25) is 0 Å². The number of hydrogen-bond donors (Lipinski definition) is 6. The average Bonchev–Trinajstić information content (AvgIpc) is 2.77. The van der Waals surface area contributed by atoms with Crippen LogP contribution in [0.1, 0.15) is 24.5 Å². The molecule has 34 heavy (non-hydrogen) atoms. The van der Waals surface area contributed by atoms with Gasteiger partial charge in [0.05, 0.1) is 6.61 Å². The Kier molecular flexibility index (Phi) is 8.98. The van der Waals surface area contributed by atoms with Crippen molar-refractivity contribution in [3.8, 4) is 0 Å². The third-order valence-corrected chi connectivity index (χ3v) is 5.69. The molecule has 0 saturated heterocycles. The van der Waals surface area contributed by atoms with Crippen LogP contribution in [0.2, 0.25) is 0 Å². The van der Waals surface area contributed by atoms with Crippen molar-refractivity contribution in [3.05, 3.63) is 82.9 Å². The molecule has 2 aromatic carbocycles. The highest BCUT2D eigenvalue weighted by atomic mass is 19.2. The van der Waals surface area contributed by atoms with Gasteiger partial charge in [0.25, 0.3) is 0 Å². The molecule has 0 aromatic heterocycles. The average molecular weight is 488 g/mol. The van der Waals surface area contributed by atoms with Gasteiger partial charge in [-0.25, -0.2) is 17.6 Å². The van der Waals surface area contributed by atoms with Crippen LogP contribution in [0.15, 0.2) is 48.6 Å². The van der Waals surface area contributed by atoms with E-state index in [-0.39, 0.29) is 11.1 Å². The Labute approximate surface area is 194 Å². The maximum atomic E-state index is 14.4. The minimum Gasteiger partial charge on any atom is -0.394 e. The van der Waals surface area contributed by atoms with Gasteiger partial charge in [0.1, 0.15) is 29.5 Å². The summed E-state index contributed by atoms with van der Waals surface area (Å²) in [6.07, 6.45) is -9.24. The predicted octanol–water partition coefficient (Wildman–Crippen LogP) is 1.53. The molecule has 0 fully saturated rings. The number of hydrogen-bond acceptors (Lipinski definition) is 6. The summed E-state index contributed by atoms with van der Waals surface area (Å²) in [6, 6.07) is 6.03. The van der Waals surface area contributed by atoms with Crippen molar-refractivity contribution >= 4 is 0 Å². The molecule has 1 unspecified atom stereocenters. The first-order valence-corrected chi connectivity index (χ1v) is 10.4. The largest absolute Gasteiger partial charge is 0.394 e. The van der Waals surface area contributed by atoms with Crippen molar-refractivity contribution in [2.75, 3.05) is 6.61 Å². The first kappa shape index (κ1) is 27.9. The molecule has 188 valence electrons. The summed E-state index contributed by atoms with van der Waals surface area (Å²) >= 11 is 0. The maximum Gasteiger partial charge on any atom is 0.162 e. The van der Waals surface area contributed by atoms with Crippen molar-refractivity contribution in [2.45, 2.75) is 55.7 Å². The topological polar surface area (TPSA) is 121 Å². The zero-order chi connectivity index (χ0) is 25.8. The number of aliphatic hydroxyl groups excluding tert-OH is 4. The second kappa shape index (κ2) is 10.9. The Morgan fingerprint density at radius 3 is 1.79 bits per heavy atom. The molecule has 0 spiro atoms. The van der Waals surface area contributed by atoms with Gasteiger partial charge in [-0.1, -0.05) is 29.8 Å². The molecule has 2 rings (SSSR count). The minimum absolute atomic E-state index is 0.231. The Bertz CT molecular complexity index is 1020. The fourth-order valence-electron chi connectivity index (χ4n) is 4.04. The zero-order valence-electron chi connectivity index (χ0n) is 18.4. The molecule has 5 atom stereocenters. The van der Waals surface area contributed by atoms with Gasteiger partial charge in [0.15, 0.2) is 23.3 Å². The molecule has 0 aliphatic heterocycles. The SMILES string of the molecule is C=C(C)CC(O)(Cc1cccc(F)c1F)[C@@H](O)[C@@](O)(Cc1cccc(F)c1F)[C@H](O)[C@@H](O)CO. The molecule has 10 heteroatoms. The molecule has 0 radical (unpaired) electrons. The Morgan fingerprint density at radius 1 is 0.882 bits per heavy atom. The molecule has 6 nitrogen and oxygen atoms in total. The van der Waals surface area contributed by atoms with Crippen LogP contribution in [0.3, 0.4) is 0 Å². The fraction of sp³-hybridized carbons (Fsp3) is 0.417. The van der Waals surface area contributed by atoms with Crippen LogP contribution >= 0.6 is 0 Å². The van der Waals surface area contributed by atoms with Gasteiger partial charge in [-0.15, -0.1) is 6.58 Å². The number of aliphatic hydroxyl groups is 6. The van der Waals surface area contributed by atoms with Gasteiger partial charge in [-0.05, 0) is 36.6 Å². The van der Waals surface area contributed by atoms with Crippen LogP contribution in [0.4, 0.5) is 17.6 Å². The quantitative estimate of drug-likeness (QED) is 0.211. The number of halogens is 4. The predicted molar refractivity (Wildman–Crippen MR) is 115 cm³/mol. The molecule has 0 bridgehead atoms. The monoisotopic (exact) mass is 488 g/mol. The standard InChI is InChI=1S/C24H28F4O6/c1-13(2)9-23(33,10-14-5-3-7-16(25)19(14)27)22(32)24(34,21(31)18(30)12-29)11-15-6-4-8-17(26)20(15)28/h3-8,18,21-22,29-34H,1,9-12H2,2H3/t18-,21+,22+,23?,24+/m0/s1. The van der Waals surface area contributed by atoms with Crippen LogP contribution < -0.4 is 0 Å². The zero-order valence-corrected chi connectivity index (χ0v) is 18.4. The molecule has 2 aromatic rings. The van der Waals surface area contributed by atoms with E-state index in [1.54, 1.807) is 0 Å². The van der Waals surface area contributed by atoms with Crippen LogP contribution in [-0.2, 0) is 12.8 Å². The van der Waals surface area contributed by atoms with E-state index in [4.69, 9.17) is 0 Å². The van der Waals surface area contributed by atoms with E-state index in [1.807, 2.05) is 0 Å². The van der Waals surface area contributed by atoms with E-state index < -0.39 is 84.2 Å². The van der Waals surface area contributed by atoms with Crippen molar-refractivity contribution in [1.82, 2.24) is 0 Å². The van der Waals surface area contributed by atoms with E-state index >= 15 is 0 Å². The van der Waals surface area contributed by atoms with Crippen LogP contribution in [0.25, 0.3) is 0 Å². The molecule has 0 saturated carbocycles. The van der Waals surface area contributed by atoms with E-state index in [1.165, 1.54) is 6.92 Å². The van der Waals surface area contributed by atoms with Gasteiger partial charge in [-0.3, -0.25) is 0 Å². The van der Waals surface area contributed by atoms with Gasteiger partial charge in [-0.2, -0.15) is 0 Å². The van der Waals surface area contributed by atoms with E-state index in [0.29, 0.717) is 0 Å². The van der Waals surface area contributed by atoms with Gasteiger partial charge >= 0.3 is 0 Å². The molecular weight excluding hydrogens is 460 g/mol. The van der Waals surface area contributed by atoms with Crippen LogP contribution in [0, 0.1) is 23.3 Å². The summed E-state index contributed by atoms with van der Waals surface area (Å²) in [4.78, 5) is 0. The Morgan fingerprint density at radius 2 is 1.35 bits per heavy atom. The highest BCUT2D eigenvalue weighted by Gasteiger charge is 2.54. The molecule has 0 heterocycles. The Hall–Kier alpha value is -2.34. The summed E-state index contributed by atoms with van der Waals surface area (Å²) in [5.74, 6) is -5.29.